The molecule has 0 aliphatic heterocycles. The maximum atomic E-state index is 11.5. The van der Waals surface area contributed by atoms with Gasteiger partial charge in [-0.2, -0.15) is 0 Å². The molecule has 2 atom stereocenters. The summed E-state index contributed by atoms with van der Waals surface area (Å²) in [6, 6.07) is -0.623. The van der Waals surface area contributed by atoms with Crippen LogP contribution in [0.1, 0.15) is 27.7 Å². The van der Waals surface area contributed by atoms with Gasteiger partial charge in [0.1, 0.15) is 11.6 Å². The van der Waals surface area contributed by atoms with Gasteiger partial charge in [0.25, 0.3) is 0 Å². The summed E-state index contributed by atoms with van der Waals surface area (Å²) in [6.07, 6.45) is 0. The summed E-state index contributed by atoms with van der Waals surface area (Å²) in [5.74, 6) is 0.673. The van der Waals surface area contributed by atoms with Crippen LogP contribution in [0.15, 0.2) is 0 Å². The van der Waals surface area contributed by atoms with E-state index in [0.717, 1.165) is 0 Å². The summed E-state index contributed by atoms with van der Waals surface area (Å²) in [7, 11) is 4.90. The molecule has 0 fully saturated rings. The molecule has 0 aromatic carbocycles. The monoisotopic (exact) mass is 278 g/mol. The summed E-state index contributed by atoms with van der Waals surface area (Å²) in [5, 5.41) is 3.02. The van der Waals surface area contributed by atoms with Gasteiger partial charge in [-0.1, -0.05) is 21.6 Å². The van der Waals surface area contributed by atoms with Crippen LogP contribution in [0, 0.1) is 0 Å². The number of nitrogens with two attached hydrogens (primary N) is 1. The van der Waals surface area contributed by atoms with Crippen molar-refractivity contribution < 1.29 is 9.59 Å². The molecule has 0 aliphatic rings. The van der Waals surface area contributed by atoms with Gasteiger partial charge in [-0.15, -0.1) is 0 Å². The fourth-order valence-electron chi connectivity index (χ4n) is 1.47. The van der Waals surface area contributed by atoms with Crippen molar-refractivity contribution in [3.05, 3.63) is 0 Å². The Balaban J connectivity index is 4.26. The first-order chi connectivity index (χ1) is 7.72. The largest absolute Gasteiger partial charge is 0.321 e. The number of carbonyl (C=O) groups excluding carboxylic acids is 2. The Bertz CT molecular complexity index is 283. The molecule has 0 saturated carbocycles. The normalized spacial score (nSPS) is 15.4. The standard InChI is InChI=1S/C11H22N2O2S2/c1-7(14)9(12)6-16-17-11(3,4)10(13-5)8(2)15/h9-10,13H,6,12H2,1-5H3. The van der Waals surface area contributed by atoms with Crippen molar-refractivity contribution in [2.75, 3.05) is 12.8 Å². The predicted molar refractivity (Wildman–Crippen MR) is 76.3 cm³/mol. The Kier molecular flexibility index (Phi) is 7.39. The molecule has 0 rings (SSSR count). The first kappa shape index (κ1) is 17.0. The molecule has 0 radical (unpaired) electrons. The van der Waals surface area contributed by atoms with Crippen molar-refractivity contribution in [2.45, 2.75) is 44.5 Å². The summed E-state index contributed by atoms with van der Waals surface area (Å²) >= 11 is 0. The SMILES string of the molecule is CNC(C(C)=O)C(C)(C)SSCC(N)C(C)=O. The molecule has 0 spiro atoms. The highest BCUT2D eigenvalue weighted by atomic mass is 33.1. The molecule has 2 unspecified atom stereocenters. The highest BCUT2D eigenvalue weighted by Gasteiger charge is 2.32. The van der Waals surface area contributed by atoms with Crippen molar-refractivity contribution in [1.82, 2.24) is 5.32 Å². The molecule has 17 heavy (non-hydrogen) atoms. The molecule has 0 aromatic rings. The third kappa shape index (κ3) is 5.90. The molecule has 0 aliphatic carbocycles. The van der Waals surface area contributed by atoms with E-state index in [1.165, 1.54) is 17.7 Å². The number of hydrogen-bond donors (Lipinski definition) is 2. The van der Waals surface area contributed by atoms with Crippen LogP contribution in [-0.4, -0.2) is 41.2 Å². The lowest BCUT2D eigenvalue weighted by molar-refractivity contribution is -0.119. The highest BCUT2D eigenvalue weighted by molar-refractivity contribution is 8.77. The lowest BCUT2D eigenvalue weighted by Gasteiger charge is -2.31. The summed E-state index contributed by atoms with van der Waals surface area (Å²) in [6.45, 7) is 7.08. The van der Waals surface area contributed by atoms with E-state index in [-0.39, 0.29) is 22.4 Å². The topological polar surface area (TPSA) is 72.2 Å². The van der Waals surface area contributed by atoms with Crippen molar-refractivity contribution in [3.8, 4) is 0 Å². The molecular weight excluding hydrogens is 256 g/mol. The fourth-order valence-corrected chi connectivity index (χ4v) is 4.44. The molecule has 4 nitrogen and oxygen atoms in total. The Morgan fingerprint density at radius 3 is 2.18 bits per heavy atom. The van der Waals surface area contributed by atoms with Gasteiger partial charge in [-0.3, -0.25) is 9.59 Å². The van der Waals surface area contributed by atoms with Crippen LogP contribution in [0.2, 0.25) is 0 Å². The van der Waals surface area contributed by atoms with Gasteiger partial charge in [0, 0.05) is 10.5 Å². The summed E-state index contributed by atoms with van der Waals surface area (Å²) < 4.78 is -0.234. The number of likely N-dealkylation sites (N-methyl/N-ethyl adjacent to an activating group) is 1. The Morgan fingerprint density at radius 2 is 1.82 bits per heavy atom. The molecule has 3 N–H and O–H groups in total. The number of hydrogen-bond acceptors (Lipinski definition) is 6. The Labute approximate surface area is 111 Å². The number of rotatable bonds is 8. The quantitative estimate of drug-likeness (QED) is 0.651. The molecule has 0 aromatic heterocycles. The zero-order chi connectivity index (χ0) is 13.6. The first-order valence-electron chi connectivity index (χ1n) is 5.46. The molecule has 0 bridgehead atoms. The van der Waals surface area contributed by atoms with Crippen LogP contribution in [0.25, 0.3) is 0 Å². The van der Waals surface area contributed by atoms with Crippen LogP contribution in [0.3, 0.4) is 0 Å². The van der Waals surface area contributed by atoms with Gasteiger partial charge in [0.2, 0.25) is 0 Å². The van der Waals surface area contributed by atoms with Gasteiger partial charge < -0.3 is 11.1 Å². The van der Waals surface area contributed by atoms with Crippen LogP contribution >= 0.6 is 21.6 Å². The van der Waals surface area contributed by atoms with Crippen molar-refractivity contribution in [2.24, 2.45) is 5.73 Å². The predicted octanol–water partition coefficient (Wildman–Crippen LogP) is 1.24. The molecular formula is C11H22N2O2S2. The van der Waals surface area contributed by atoms with Crippen LogP contribution in [0.5, 0.6) is 0 Å². The smallest absolute Gasteiger partial charge is 0.148 e. The zero-order valence-corrected chi connectivity index (χ0v) is 12.7. The van der Waals surface area contributed by atoms with Crippen molar-refractivity contribution in [3.63, 3.8) is 0 Å². The number of nitrogens with one attached hydrogen (secondary N) is 1. The number of ketones is 2. The van der Waals surface area contributed by atoms with E-state index in [1.807, 2.05) is 13.8 Å². The zero-order valence-electron chi connectivity index (χ0n) is 11.1. The van der Waals surface area contributed by atoms with Crippen molar-refractivity contribution in [1.29, 1.82) is 0 Å². The van der Waals surface area contributed by atoms with Gasteiger partial charge in [-0.05, 0) is 34.7 Å². The number of Topliss-reactive ketones (excluding diaryl/α,β-unsaturated/α-hetero) is 2. The highest BCUT2D eigenvalue weighted by Crippen LogP contribution is 2.38. The minimum absolute atomic E-state index is 0.00681. The maximum absolute atomic E-state index is 11.5. The van der Waals surface area contributed by atoms with Gasteiger partial charge >= 0.3 is 0 Å². The second-order valence-electron chi connectivity index (χ2n) is 4.52. The van der Waals surface area contributed by atoms with E-state index in [0.29, 0.717) is 5.75 Å². The van der Waals surface area contributed by atoms with Gasteiger partial charge in [0.15, 0.2) is 0 Å². The van der Waals surface area contributed by atoms with Gasteiger partial charge in [0.05, 0.1) is 12.1 Å². The third-order valence-corrected chi connectivity index (χ3v) is 5.76. The second kappa shape index (κ2) is 7.41. The Morgan fingerprint density at radius 1 is 1.29 bits per heavy atom. The molecule has 0 saturated heterocycles. The average Bonchev–Trinajstić information content (AvgIpc) is 2.16. The number of carbonyl (C=O) groups is 2. The maximum Gasteiger partial charge on any atom is 0.148 e. The van der Waals surface area contributed by atoms with E-state index < -0.39 is 6.04 Å². The second-order valence-corrected chi connectivity index (χ2v) is 7.52. The van der Waals surface area contributed by atoms with Crippen LogP contribution in [0.4, 0.5) is 0 Å². The minimum atomic E-state index is -0.423. The molecule has 0 heterocycles. The molecule has 6 heteroatoms. The lowest BCUT2D eigenvalue weighted by Crippen LogP contribution is -2.47. The fraction of sp³-hybridized carbons (Fsp3) is 0.818. The third-order valence-electron chi connectivity index (χ3n) is 2.43. The summed E-state index contributed by atoms with van der Waals surface area (Å²) in [5.41, 5.74) is 5.65. The average molecular weight is 278 g/mol. The van der Waals surface area contributed by atoms with Gasteiger partial charge in [-0.25, -0.2) is 0 Å². The lowest BCUT2D eigenvalue weighted by atomic mass is 10.0. The van der Waals surface area contributed by atoms with E-state index >= 15 is 0 Å². The first-order valence-corrected chi connectivity index (χ1v) is 7.78. The van der Waals surface area contributed by atoms with E-state index in [4.69, 9.17) is 5.73 Å². The summed E-state index contributed by atoms with van der Waals surface area (Å²) in [4.78, 5) is 22.4. The molecule has 0 amide bonds. The Hall–Kier alpha value is -0.0400. The van der Waals surface area contributed by atoms with E-state index in [2.05, 4.69) is 5.32 Å². The van der Waals surface area contributed by atoms with Crippen molar-refractivity contribution >= 4 is 33.2 Å². The minimum Gasteiger partial charge on any atom is -0.321 e. The molecule has 100 valence electrons. The van der Waals surface area contributed by atoms with Crippen LogP contribution < -0.4 is 11.1 Å². The van der Waals surface area contributed by atoms with E-state index in [9.17, 15) is 9.59 Å². The van der Waals surface area contributed by atoms with E-state index in [1.54, 1.807) is 24.8 Å². The van der Waals surface area contributed by atoms with Crippen LogP contribution in [-0.2, 0) is 9.59 Å².